The highest BCUT2D eigenvalue weighted by Crippen LogP contribution is 2.42. The second kappa shape index (κ2) is 19.0. The lowest BCUT2D eigenvalue weighted by atomic mass is 9.75. The normalized spacial score (nSPS) is 22.3. The predicted molar refractivity (Wildman–Crippen MR) is 162 cm³/mol. The molecule has 1 heterocycles. The first-order chi connectivity index (χ1) is 20.2. The Balaban J connectivity index is 0.000000751. The van der Waals surface area contributed by atoms with Gasteiger partial charge < -0.3 is 4.74 Å². The van der Waals surface area contributed by atoms with Gasteiger partial charge in [0.1, 0.15) is 11.4 Å². The molecule has 0 amide bonds. The molecule has 0 saturated heterocycles. The molecule has 0 aromatic carbocycles. The van der Waals surface area contributed by atoms with E-state index in [1.165, 1.54) is 5.71 Å². The van der Waals surface area contributed by atoms with E-state index in [0.717, 1.165) is 19.3 Å². The maximum Gasteiger partial charge on any atom is 0.446 e. The molecule has 0 aromatic rings. The largest absolute Gasteiger partial charge is 0.460 e. The zero-order valence-electron chi connectivity index (χ0n) is 26.7. The lowest BCUT2D eigenvalue weighted by Gasteiger charge is -2.34. The number of ketones is 1. The third kappa shape index (κ3) is 18.7. The molecule has 12 heteroatoms. The van der Waals surface area contributed by atoms with Crippen molar-refractivity contribution in [1.29, 1.82) is 0 Å². The molecule has 2 atom stereocenters. The van der Waals surface area contributed by atoms with Gasteiger partial charge in [0.15, 0.2) is 0 Å². The Morgan fingerprint density at radius 3 is 1.82 bits per heavy atom. The van der Waals surface area contributed by atoms with Crippen LogP contribution in [0.15, 0.2) is 4.99 Å². The van der Waals surface area contributed by atoms with E-state index in [1.54, 1.807) is 0 Å². The Morgan fingerprint density at radius 2 is 1.42 bits per heavy atom. The van der Waals surface area contributed by atoms with E-state index in [4.69, 9.17) is 9.53 Å². The Morgan fingerprint density at radius 1 is 0.933 bits per heavy atom. The van der Waals surface area contributed by atoms with Crippen molar-refractivity contribution in [3.05, 3.63) is 0 Å². The molecule has 0 bridgehead atoms. The molecule has 0 spiro atoms. The quantitative estimate of drug-likeness (QED) is 0.140. The molecule has 0 radical (unpaired) electrons. The highest BCUT2D eigenvalue weighted by molar-refractivity contribution is 5.85. The highest BCUT2D eigenvalue weighted by atomic mass is 19.4. The summed E-state index contributed by atoms with van der Waals surface area (Å²) in [6, 6.07) is 0.357. The van der Waals surface area contributed by atoms with Crippen LogP contribution < -0.4 is 0 Å². The summed E-state index contributed by atoms with van der Waals surface area (Å²) >= 11 is 0. The van der Waals surface area contributed by atoms with Gasteiger partial charge in [-0.15, -0.1) is 0 Å². The lowest BCUT2D eigenvalue weighted by Crippen LogP contribution is -2.31. The van der Waals surface area contributed by atoms with E-state index >= 15 is 0 Å². The van der Waals surface area contributed by atoms with Gasteiger partial charge in [0.2, 0.25) is 18.1 Å². The molecule has 0 N–H and O–H groups in total. The molecule has 2 aliphatic carbocycles. The van der Waals surface area contributed by atoms with E-state index < -0.39 is 29.9 Å². The summed E-state index contributed by atoms with van der Waals surface area (Å²) < 4.78 is 89.3. The van der Waals surface area contributed by atoms with Crippen molar-refractivity contribution in [3.8, 4) is 0 Å². The van der Waals surface area contributed by atoms with Crippen molar-refractivity contribution in [3.63, 3.8) is 0 Å². The summed E-state index contributed by atoms with van der Waals surface area (Å²) in [6.07, 6.45) is 1.27. The molecule has 1 aliphatic heterocycles. The van der Waals surface area contributed by atoms with Crippen LogP contribution in [0.4, 0.5) is 30.7 Å². The fraction of sp³-hybridized carbons (Fsp3) is 0.879. The number of nitrogens with zero attached hydrogens (tertiary/aromatic N) is 1. The van der Waals surface area contributed by atoms with E-state index in [-0.39, 0.29) is 63.1 Å². The van der Waals surface area contributed by atoms with E-state index in [9.17, 15) is 40.3 Å². The summed E-state index contributed by atoms with van der Waals surface area (Å²) in [5.74, 6) is -4.67. The number of carbonyl (C=O) groups excluding carboxylic acids is 3. The topological polar surface area (TPSA) is 72.8 Å². The number of alkyl halides is 7. The summed E-state index contributed by atoms with van der Waals surface area (Å²) in [7, 11) is 0. The van der Waals surface area contributed by atoms with Gasteiger partial charge in [-0.2, -0.15) is 13.2 Å². The Kier molecular flexibility index (Phi) is 18.1. The van der Waals surface area contributed by atoms with Gasteiger partial charge in [-0.05, 0) is 89.9 Å². The van der Waals surface area contributed by atoms with Gasteiger partial charge >= 0.3 is 12.1 Å². The van der Waals surface area contributed by atoms with Gasteiger partial charge in [0.05, 0.1) is 6.04 Å². The van der Waals surface area contributed by atoms with Crippen LogP contribution in [0.5, 0.6) is 0 Å². The highest BCUT2D eigenvalue weighted by Gasteiger charge is 2.39. The van der Waals surface area contributed by atoms with E-state index in [0.29, 0.717) is 56.9 Å². The second-order valence-corrected chi connectivity index (χ2v) is 13.2. The monoisotopic (exact) mass is 661 g/mol. The van der Waals surface area contributed by atoms with Crippen molar-refractivity contribution in [1.82, 2.24) is 0 Å². The molecule has 264 valence electrons. The Hall–Kier alpha value is -2.01. The first-order valence-corrected chi connectivity index (χ1v) is 15.8. The fourth-order valence-corrected chi connectivity index (χ4v) is 5.89. The summed E-state index contributed by atoms with van der Waals surface area (Å²) in [5.41, 5.74) is 0.734. The number of ether oxygens (including phenoxy) is 1. The number of rotatable bonds is 9. The standard InChI is InChI=1S/C18H30F2O3.C12H19F2N.C2HF3O.CH4/c1-5-15(21)7-6-14(12-16(22)23-17(2,3)4)13-8-10-18(19,20)11-9-13;1-2-10-3-4-11(15-10)9-5-7-12(13,14)8-6-9;3-2(4,5)1-6;/h13-14H,5-12H2,1-4H3;9,11H,2-8H2,1H3;1H;1H4/t14-;11-;;/m10../s1. The number of esters is 1. The van der Waals surface area contributed by atoms with Crippen molar-refractivity contribution >= 4 is 23.8 Å². The maximum atomic E-state index is 13.3. The smallest absolute Gasteiger partial charge is 0.446 e. The fourth-order valence-electron chi connectivity index (χ4n) is 5.89. The minimum Gasteiger partial charge on any atom is -0.460 e. The minimum atomic E-state index is -4.64. The van der Waals surface area contributed by atoms with Gasteiger partial charge in [0.25, 0.3) is 0 Å². The maximum absolute atomic E-state index is 13.3. The summed E-state index contributed by atoms with van der Waals surface area (Å²) in [4.78, 5) is 37.0. The van der Waals surface area contributed by atoms with Crippen LogP contribution in [0.25, 0.3) is 0 Å². The molecule has 45 heavy (non-hydrogen) atoms. The van der Waals surface area contributed by atoms with Gasteiger partial charge in [-0.25, -0.2) is 17.6 Å². The number of Topliss-reactive ketones (excluding diaryl/α,β-unsaturated/α-hetero) is 1. The van der Waals surface area contributed by atoms with Gasteiger partial charge in [-0.1, -0.05) is 21.3 Å². The average Bonchev–Trinajstić information content (AvgIpc) is 3.39. The molecule has 2 fully saturated rings. The Labute approximate surface area is 264 Å². The van der Waals surface area contributed by atoms with Crippen LogP contribution in [0.1, 0.15) is 138 Å². The molecule has 2 saturated carbocycles. The molecule has 0 aromatic heterocycles. The van der Waals surface area contributed by atoms with Crippen molar-refractivity contribution < 1.29 is 49.9 Å². The van der Waals surface area contributed by atoms with Crippen LogP contribution in [-0.2, 0) is 19.1 Å². The number of halogens is 7. The molecule has 5 nitrogen and oxygen atoms in total. The van der Waals surface area contributed by atoms with Crippen LogP contribution >= 0.6 is 0 Å². The van der Waals surface area contributed by atoms with Crippen molar-refractivity contribution in [2.45, 2.75) is 168 Å². The van der Waals surface area contributed by atoms with Crippen LogP contribution in [0, 0.1) is 17.8 Å². The number of aldehydes is 1. The van der Waals surface area contributed by atoms with Crippen LogP contribution in [0.3, 0.4) is 0 Å². The first kappa shape index (κ1) is 43.0. The molecule has 3 aliphatic rings. The third-order valence-electron chi connectivity index (χ3n) is 8.39. The van der Waals surface area contributed by atoms with Gasteiger partial charge in [0, 0.05) is 50.7 Å². The van der Waals surface area contributed by atoms with E-state index in [1.807, 2.05) is 27.7 Å². The Bertz CT molecular complexity index is 924. The third-order valence-corrected chi connectivity index (χ3v) is 8.39. The second-order valence-electron chi connectivity index (χ2n) is 13.2. The number of carbonyl (C=O) groups is 3. The molecule has 3 rings (SSSR count). The van der Waals surface area contributed by atoms with Gasteiger partial charge in [-0.3, -0.25) is 19.4 Å². The number of hydrogen-bond donors (Lipinski definition) is 0. The van der Waals surface area contributed by atoms with Crippen LogP contribution in [-0.4, -0.2) is 53.4 Å². The zero-order valence-corrected chi connectivity index (χ0v) is 26.7. The number of aliphatic imine (C=N–C) groups is 1. The zero-order chi connectivity index (χ0) is 33.8. The number of hydrogen-bond acceptors (Lipinski definition) is 5. The molecular formula is C33H54F7NO4. The minimum absolute atomic E-state index is 0. The molecule has 0 unspecified atom stereocenters. The summed E-state index contributed by atoms with van der Waals surface area (Å²) in [6.45, 7) is 9.35. The van der Waals surface area contributed by atoms with Crippen molar-refractivity contribution in [2.24, 2.45) is 22.7 Å². The predicted octanol–water partition coefficient (Wildman–Crippen LogP) is 10.1. The van der Waals surface area contributed by atoms with E-state index in [2.05, 4.69) is 11.9 Å². The lowest BCUT2D eigenvalue weighted by molar-refractivity contribution is -0.157. The SMILES string of the molecule is C.CCC(=O)CC[C@H](CC(=O)OC(C)(C)C)C1CCC(F)(F)CC1.CCC1=N[C@H](C2CCC(F)(F)CC2)CC1.O=CC(F)(F)F. The first-order valence-electron chi connectivity index (χ1n) is 15.8. The average molecular weight is 662 g/mol. The van der Waals surface area contributed by atoms with Crippen molar-refractivity contribution in [2.75, 3.05) is 0 Å². The molecular weight excluding hydrogens is 607 g/mol. The van der Waals surface area contributed by atoms with Crippen LogP contribution in [0.2, 0.25) is 0 Å². The summed E-state index contributed by atoms with van der Waals surface area (Å²) in [5, 5.41) is 0.